The Morgan fingerprint density at radius 3 is 2.00 bits per heavy atom. The van der Waals surface area contributed by atoms with Gasteiger partial charge in [-0.25, -0.2) is 14.4 Å². The van der Waals surface area contributed by atoms with E-state index in [0.29, 0.717) is 0 Å². The molecule has 1 saturated heterocycles. The van der Waals surface area contributed by atoms with E-state index >= 15 is 0 Å². The third-order valence-electron chi connectivity index (χ3n) is 2.95. The fraction of sp³-hybridized carbons (Fsp3) is 0.167. The average Bonchev–Trinajstić information content (AvgIpc) is 2.66. The number of quaternary nitrogens is 1. The number of amides is 3. The summed E-state index contributed by atoms with van der Waals surface area (Å²) < 4.78 is -2.01. The van der Waals surface area contributed by atoms with E-state index in [1.165, 1.54) is 12.1 Å². The summed E-state index contributed by atoms with van der Waals surface area (Å²) >= 11 is 0. The number of nitrogens with zero attached hydrogens (tertiary/aromatic N) is 1. The number of carboxylic acids is 1. The predicted octanol–water partition coefficient (Wildman–Crippen LogP) is -0.757. The summed E-state index contributed by atoms with van der Waals surface area (Å²) in [6.45, 7) is 0. The van der Waals surface area contributed by atoms with E-state index in [9.17, 15) is 29.5 Å². The van der Waals surface area contributed by atoms with Crippen LogP contribution in [0.1, 0.15) is 33.6 Å². The van der Waals surface area contributed by atoms with Crippen molar-refractivity contribution in [3.05, 3.63) is 35.4 Å². The van der Waals surface area contributed by atoms with Crippen LogP contribution in [0.5, 0.6) is 0 Å². The largest absolute Gasteiger partial charge is 0.545 e. The van der Waals surface area contributed by atoms with Crippen molar-refractivity contribution in [3.63, 3.8) is 0 Å². The molecule has 1 aromatic rings. The smallest absolute Gasteiger partial charge is 0.393 e. The molecule has 2 rings (SSSR count). The molecule has 98 valence electrons. The Hall–Kier alpha value is -2.38. The molecule has 7 heteroatoms. The minimum atomic E-state index is -2.01. The summed E-state index contributed by atoms with van der Waals surface area (Å²) in [6, 6.07) is 4.93. The third-order valence-corrected chi connectivity index (χ3v) is 2.95. The molecular weight excluding hydrogens is 254 g/mol. The molecule has 19 heavy (non-hydrogen) atoms. The van der Waals surface area contributed by atoms with Crippen molar-refractivity contribution >= 4 is 23.7 Å². The zero-order valence-electron chi connectivity index (χ0n) is 9.66. The fourth-order valence-corrected chi connectivity index (χ4v) is 1.93. The summed E-state index contributed by atoms with van der Waals surface area (Å²) in [5, 5.41) is 20.8. The highest BCUT2D eigenvalue weighted by molar-refractivity contribution is 6.10. The molecule has 1 fully saturated rings. The number of rotatable bonds is 2. The summed E-state index contributed by atoms with van der Waals surface area (Å²) in [6.07, 6.45) is -0.511. The first-order chi connectivity index (χ1) is 8.89. The second-order valence-electron chi connectivity index (χ2n) is 4.06. The monoisotopic (exact) mass is 263 g/mol. The average molecular weight is 263 g/mol. The summed E-state index contributed by atoms with van der Waals surface area (Å²) in [5.74, 6) is -4.84. The van der Waals surface area contributed by atoms with Crippen molar-refractivity contribution in [2.24, 2.45) is 0 Å². The van der Waals surface area contributed by atoms with Gasteiger partial charge in [0.25, 0.3) is 0 Å². The maximum Gasteiger partial charge on any atom is 0.393 e. The van der Waals surface area contributed by atoms with E-state index in [-0.39, 0.29) is 12.8 Å². The van der Waals surface area contributed by atoms with Gasteiger partial charge in [0.1, 0.15) is 0 Å². The minimum Gasteiger partial charge on any atom is -0.545 e. The Bertz CT molecular complexity index is 590. The van der Waals surface area contributed by atoms with Crippen molar-refractivity contribution in [2.45, 2.75) is 12.8 Å². The number of benzene rings is 1. The predicted molar refractivity (Wildman–Crippen MR) is 56.4 cm³/mol. The molecule has 1 aliphatic heterocycles. The van der Waals surface area contributed by atoms with Gasteiger partial charge in [0.05, 0.1) is 24.4 Å². The van der Waals surface area contributed by atoms with Crippen LogP contribution in [0, 0.1) is 0 Å². The van der Waals surface area contributed by atoms with Gasteiger partial charge in [-0.2, -0.15) is 5.21 Å². The molecule has 0 bridgehead atoms. The maximum atomic E-state index is 12.1. The van der Waals surface area contributed by atoms with Crippen LogP contribution in [0.2, 0.25) is 0 Å². The number of carbonyl (C=O) groups excluding carboxylic acids is 4. The Morgan fingerprint density at radius 1 is 1.05 bits per heavy atom. The van der Waals surface area contributed by atoms with Gasteiger partial charge < -0.3 is 9.90 Å². The van der Waals surface area contributed by atoms with Crippen LogP contribution in [0.15, 0.2) is 24.3 Å². The highest BCUT2D eigenvalue weighted by Crippen LogP contribution is 2.24. The molecular formula is C12H9NO6. The van der Waals surface area contributed by atoms with Crippen molar-refractivity contribution < 1.29 is 34.1 Å². The van der Waals surface area contributed by atoms with Crippen molar-refractivity contribution in [2.75, 3.05) is 0 Å². The Balaban J connectivity index is 2.54. The van der Waals surface area contributed by atoms with Gasteiger partial charge >= 0.3 is 17.7 Å². The Labute approximate surface area is 107 Å². The molecule has 0 saturated carbocycles. The van der Waals surface area contributed by atoms with Crippen LogP contribution < -0.4 is 5.11 Å². The van der Waals surface area contributed by atoms with Crippen molar-refractivity contribution in [1.82, 2.24) is 0 Å². The molecule has 1 N–H and O–H groups in total. The van der Waals surface area contributed by atoms with E-state index in [1.54, 1.807) is 0 Å². The first kappa shape index (κ1) is 13.1. The lowest BCUT2D eigenvalue weighted by atomic mass is 10.1. The number of hydroxylamine groups is 3. The van der Waals surface area contributed by atoms with Gasteiger partial charge in [-0.3, -0.25) is 0 Å². The number of carboxylic acid groups (broad SMARTS) is 1. The Morgan fingerprint density at radius 2 is 1.53 bits per heavy atom. The normalized spacial score (nSPS) is 17.5. The topological polar surface area (TPSA) is 112 Å². The van der Waals surface area contributed by atoms with Crippen LogP contribution in [-0.2, 0) is 9.59 Å². The number of hydrogen-bond donors (Lipinski definition) is 1. The zero-order valence-corrected chi connectivity index (χ0v) is 9.66. The van der Waals surface area contributed by atoms with E-state index in [4.69, 9.17) is 0 Å². The molecule has 7 nitrogen and oxygen atoms in total. The van der Waals surface area contributed by atoms with Gasteiger partial charge in [0.15, 0.2) is 0 Å². The molecule has 0 radical (unpaired) electrons. The highest BCUT2D eigenvalue weighted by atomic mass is 16.6. The molecule has 0 aromatic heterocycles. The van der Waals surface area contributed by atoms with E-state index in [0.717, 1.165) is 12.1 Å². The third kappa shape index (κ3) is 1.85. The Kier molecular flexibility index (Phi) is 3.01. The van der Waals surface area contributed by atoms with Crippen LogP contribution in [-0.4, -0.2) is 33.5 Å². The second kappa shape index (κ2) is 4.38. The van der Waals surface area contributed by atoms with E-state index in [1.807, 2.05) is 0 Å². The number of hydrogen-bond acceptors (Lipinski definition) is 6. The van der Waals surface area contributed by atoms with Gasteiger partial charge in [-0.1, -0.05) is 18.2 Å². The summed E-state index contributed by atoms with van der Waals surface area (Å²) in [5.41, 5.74) is -0.917. The van der Waals surface area contributed by atoms with Crippen LogP contribution in [0.4, 0.5) is 0 Å². The van der Waals surface area contributed by atoms with Gasteiger partial charge in [0, 0.05) is 10.2 Å². The number of aromatic carboxylic acids is 1. The minimum absolute atomic E-state index is 0.255. The number of imide groups is 3. The van der Waals surface area contributed by atoms with Crippen molar-refractivity contribution in [3.8, 4) is 0 Å². The van der Waals surface area contributed by atoms with E-state index in [2.05, 4.69) is 0 Å². The molecule has 1 aliphatic rings. The first-order valence-corrected chi connectivity index (χ1v) is 5.43. The highest BCUT2D eigenvalue weighted by Gasteiger charge is 2.57. The molecule has 1 aromatic carbocycles. The lowest BCUT2D eigenvalue weighted by Crippen LogP contribution is -2.54. The van der Waals surface area contributed by atoms with Gasteiger partial charge in [0.2, 0.25) is 0 Å². The van der Waals surface area contributed by atoms with Crippen molar-refractivity contribution in [1.29, 1.82) is 0 Å². The standard InChI is InChI=1S/C12H9NO6/c14-9-5-6-10(15)13(9,19)11(16)7-3-1-2-4-8(7)12(17)18/h1-4,19H,5-6H2. The molecule has 0 spiro atoms. The maximum absolute atomic E-state index is 12.1. The quantitative estimate of drug-likeness (QED) is 0.426. The lowest BCUT2D eigenvalue weighted by Gasteiger charge is -2.18. The van der Waals surface area contributed by atoms with Crippen LogP contribution in [0.25, 0.3) is 0 Å². The molecule has 0 aliphatic carbocycles. The molecule has 0 atom stereocenters. The number of carbonyl (C=O) groups is 4. The fourth-order valence-electron chi connectivity index (χ4n) is 1.93. The summed E-state index contributed by atoms with van der Waals surface area (Å²) in [7, 11) is 0. The van der Waals surface area contributed by atoms with Crippen LogP contribution >= 0.6 is 0 Å². The first-order valence-electron chi connectivity index (χ1n) is 5.43. The van der Waals surface area contributed by atoms with Gasteiger partial charge in [-0.05, 0) is 6.07 Å². The lowest BCUT2D eigenvalue weighted by molar-refractivity contribution is -0.900. The van der Waals surface area contributed by atoms with E-state index < -0.39 is 39.5 Å². The zero-order chi connectivity index (χ0) is 14.2. The summed E-state index contributed by atoms with van der Waals surface area (Å²) in [4.78, 5) is 46.0. The number of likely N-dealkylation sites (tertiary alicyclic amines) is 1. The molecule has 0 unspecified atom stereocenters. The second-order valence-corrected chi connectivity index (χ2v) is 4.06. The van der Waals surface area contributed by atoms with Crippen LogP contribution in [0.3, 0.4) is 0 Å². The SMILES string of the molecule is O=C([O-])c1ccccc1C(=O)[N+]1(O)C(=O)CCC1=O. The molecule has 1 heterocycles. The molecule has 3 amide bonds. The van der Waals surface area contributed by atoms with Gasteiger partial charge in [-0.15, -0.1) is 0 Å².